The van der Waals surface area contributed by atoms with Gasteiger partial charge in [0.05, 0.1) is 7.11 Å². The number of nitrogens with zero attached hydrogens (tertiary/aromatic N) is 1. The van der Waals surface area contributed by atoms with E-state index in [0.717, 1.165) is 22.8 Å². The molecule has 1 N–H and O–H groups in total. The third-order valence-corrected chi connectivity index (χ3v) is 5.26. The highest BCUT2D eigenvalue weighted by Gasteiger charge is 2.33. The summed E-state index contributed by atoms with van der Waals surface area (Å²) in [6.07, 6.45) is 5.30. The summed E-state index contributed by atoms with van der Waals surface area (Å²) < 4.78 is 6.75. The van der Waals surface area contributed by atoms with Gasteiger partial charge in [-0.05, 0) is 63.4 Å². The minimum atomic E-state index is 0.442. The van der Waals surface area contributed by atoms with Crippen LogP contribution >= 0.6 is 15.9 Å². The summed E-state index contributed by atoms with van der Waals surface area (Å²) in [6.45, 7) is 2.29. The number of likely N-dealkylation sites (tertiary alicyclic amines) is 1. The number of rotatable bonds is 5. The fraction of sp³-hybridized carbons (Fsp3) is 0.647. The standard InChI is InChI=1S/C17H25BrN2O/c1-20-9-3-4-12(11-19-14-6-7-14)17(20)15-10-13(18)5-8-16(15)21-2/h5,8,10,12,14,17,19H,3-4,6-7,9,11H2,1-2H3. The van der Waals surface area contributed by atoms with Crippen molar-refractivity contribution in [2.24, 2.45) is 5.92 Å². The van der Waals surface area contributed by atoms with Gasteiger partial charge in [-0.15, -0.1) is 0 Å². The third kappa shape index (κ3) is 3.61. The Morgan fingerprint density at radius 2 is 2.14 bits per heavy atom. The predicted molar refractivity (Wildman–Crippen MR) is 89.8 cm³/mol. The van der Waals surface area contributed by atoms with Gasteiger partial charge in [0.2, 0.25) is 0 Å². The van der Waals surface area contributed by atoms with Crippen LogP contribution in [0.25, 0.3) is 0 Å². The molecule has 0 aromatic heterocycles. The average Bonchev–Trinajstić information content (AvgIpc) is 3.29. The highest BCUT2D eigenvalue weighted by atomic mass is 79.9. The van der Waals surface area contributed by atoms with Gasteiger partial charge >= 0.3 is 0 Å². The first-order valence-electron chi connectivity index (χ1n) is 7.96. The summed E-state index contributed by atoms with van der Waals surface area (Å²) in [5.41, 5.74) is 1.32. The van der Waals surface area contributed by atoms with Gasteiger partial charge in [-0.2, -0.15) is 0 Å². The third-order valence-electron chi connectivity index (χ3n) is 4.76. The van der Waals surface area contributed by atoms with Gasteiger partial charge in [-0.1, -0.05) is 15.9 Å². The monoisotopic (exact) mass is 352 g/mol. The summed E-state index contributed by atoms with van der Waals surface area (Å²) in [5.74, 6) is 1.67. The van der Waals surface area contributed by atoms with E-state index in [9.17, 15) is 0 Å². The number of ether oxygens (including phenoxy) is 1. The van der Waals surface area contributed by atoms with Crippen LogP contribution in [0, 0.1) is 5.92 Å². The first kappa shape index (κ1) is 15.3. The average molecular weight is 353 g/mol. The predicted octanol–water partition coefficient (Wildman–Crippen LogP) is 3.59. The van der Waals surface area contributed by atoms with Crippen LogP contribution in [0.5, 0.6) is 5.75 Å². The zero-order valence-electron chi connectivity index (χ0n) is 12.9. The first-order chi connectivity index (χ1) is 10.2. The molecule has 1 saturated heterocycles. The zero-order chi connectivity index (χ0) is 14.8. The molecule has 3 nitrogen and oxygen atoms in total. The van der Waals surface area contributed by atoms with Crippen molar-refractivity contribution in [3.8, 4) is 5.75 Å². The molecule has 1 aromatic carbocycles. The van der Waals surface area contributed by atoms with E-state index in [2.05, 4.69) is 51.4 Å². The summed E-state index contributed by atoms with van der Waals surface area (Å²) in [7, 11) is 4.02. The molecule has 2 atom stereocenters. The van der Waals surface area contributed by atoms with Crippen molar-refractivity contribution >= 4 is 15.9 Å². The van der Waals surface area contributed by atoms with E-state index in [0.29, 0.717) is 12.0 Å². The molecule has 0 spiro atoms. The minimum absolute atomic E-state index is 0.442. The fourth-order valence-corrected chi connectivity index (χ4v) is 3.89. The van der Waals surface area contributed by atoms with Gasteiger partial charge in [-0.3, -0.25) is 4.90 Å². The Balaban J connectivity index is 1.84. The van der Waals surface area contributed by atoms with Crippen molar-refractivity contribution in [1.29, 1.82) is 0 Å². The number of piperidine rings is 1. The molecule has 2 fully saturated rings. The molecule has 2 unspecified atom stereocenters. The SMILES string of the molecule is COc1ccc(Br)cc1C1C(CNC2CC2)CCCN1C. The molecule has 2 aliphatic rings. The molecule has 1 aliphatic carbocycles. The van der Waals surface area contributed by atoms with E-state index in [1.807, 2.05) is 0 Å². The largest absolute Gasteiger partial charge is 0.496 e. The number of benzene rings is 1. The van der Waals surface area contributed by atoms with E-state index >= 15 is 0 Å². The molecule has 4 heteroatoms. The second-order valence-corrected chi connectivity index (χ2v) is 7.31. The van der Waals surface area contributed by atoms with Gasteiger partial charge in [0.1, 0.15) is 5.75 Å². The van der Waals surface area contributed by atoms with E-state index in [-0.39, 0.29) is 0 Å². The Morgan fingerprint density at radius 3 is 2.86 bits per heavy atom. The fourth-order valence-electron chi connectivity index (χ4n) is 3.51. The number of halogens is 1. The number of methoxy groups -OCH3 is 1. The molecule has 1 saturated carbocycles. The van der Waals surface area contributed by atoms with Crippen LogP contribution in [0.15, 0.2) is 22.7 Å². The van der Waals surface area contributed by atoms with Crippen LogP contribution in [0.3, 0.4) is 0 Å². The van der Waals surface area contributed by atoms with Crippen molar-refractivity contribution < 1.29 is 4.74 Å². The Kier molecular flexibility index (Phi) is 4.87. The molecule has 0 radical (unpaired) electrons. The molecule has 1 aliphatic heterocycles. The second-order valence-electron chi connectivity index (χ2n) is 6.40. The Hall–Kier alpha value is -0.580. The lowest BCUT2D eigenvalue weighted by Gasteiger charge is -2.40. The molecule has 21 heavy (non-hydrogen) atoms. The number of hydrogen-bond donors (Lipinski definition) is 1. The second kappa shape index (κ2) is 6.67. The van der Waals surface area contributed by atoms with Crippen molar-refractivity contribution in [3.05, 3.63) is 28.2 Å². The normalized spacial score (nSPS) is 26.8. The summed E-state index contributed by atoms with van der Waals surface area (Å²) in [5, 5.41) is 3.72. The van der Waals surface area contributed by atoms with Crippen molar-refractivity contribution in [2.45, 2.75) is 37.8 Å². The Morgan fingerprint density at radius 1 is 1.33 bits per heavy atom. The van der Waals surface area contributed by atoms with E-state index in [1.54, 1.807) is 7.11 Å². The van der Waals surface area contributed by atoms with Gasteiger partial charge in [0, 0.05) is 28.7 Å². The maximum atomic E-state index is 5.62. The summed E-state index contributed by atoms with van der Waals surface area (Å²) >= 11 is 3.61. The molecular weight excluding hydrogens is 328 g/mol. The van der Waals surface area contributed by atoms with Gasteiger partial charge < -0.3 is 10.1 Å². The Labute approximate surface area is 136 Å². The molecule has 1 heterocycles. The highest BCUT2D eigenvalue weighted by molar-refractivity contribution is 9.10. The molecule has 116 valence electrons. The summed E-state index contributed by atoms with van der Waals surface area (Å²) in [4.78, 5) is 2.49. The number of hydrogen-bond acceptors (Lipinski definition) is 3. The Bertz CT molecular complexity index is 490. The molecule has 3 rings (SSSR count). The zero-order valence-corrected chi connectivity index (χ0v) is 14.5. The minimum Gasteiger partial charge on any atom is -0.496 e. The molecular formula is C17H25BrN2O. The first-order valence-corrected chi connectivity index (χ1v) is 8.75. The van der Waals surface area contributed by atoms with E-state index in [4.69, 9.17) is 4.74 Å². The maximum absolute atomic E-state index is 5.62. The van der Waals surface area contributed by atoms with Crippen LogP contribution < -0.4 is 10.1 Å². The topological polar surface area (TPSA) is 24.5 Å². The van der Waals surface area contributed by atoms with Crippen molar-refractivity contribution in [3.63, 3.8) is 0 Å². The van der Waals surface area contributed by atoms with Crippen molar-refractivity contribution in [2.75, 3.05) is 27.2 Å². The molecule has 1 aromatic rings. The molecule has 0 bridgehead atoms. The van der Waals surface area contributed by atoms with E-state index < -0.39 is 0 Å². The lowest BCUT2D eigenvalue weighted by Crippen LogP contribution is -2.41. The van der Waals surface area contributed by atoms with Gasteiger partial charge in [-0.25, -0.2) is 0 Å². The van der Waals surface area contributed by atoms with E-state index in [1.165, 1.54) is 37.8 Å². The van der Waals surface area contributed by atoms with Crippen LogP contribution in [-0.4, -0.2) is 38.2 Å². The quantitative estimate of drug-likeness (QED) is 0.876. The lowest BCUT2D eigenvalue weighted by atomic mass is 9.84. The van der Waals surface area contributed by atoms with Crippen LogP contribution in [-0.2, 0) is 0 Å². The van der Waals surface area contributed by atoms with Gasteiger partial charge in [0.25, 0.3) is 0 Å². The number of nitrogens with one attached hydrogen (secondary N) is 1. The van der Waals surface area contributed by atoms with Crippen molar-refractivity contribution in [1.82, 2.24) is 10.2 Å². The van der Waals surface area contributed by atoms with Gasteiger partial charge in [0.15, 0.2) is 0 Å². The highest BCUT2D eigenvalue weighted by Crippen LogP contribution is 2.40. The lowest BCUT2D eigenvalue weighted by molar-refractivity contribution is 0.117. The van der Waals surface area contributed by atoms with Crippen LogP contribution in [0.1, 0.15) is 37.3 Å². The summed E-state index contributed by atoms with van der Waals surface area (Å²) in [6, 6.07) is 7.59. The van der Waals surface area contributed by atoms with Crippen LogP contribution in [0.2, 0.25) is 0 Å². The molecule has 0 amide bonds. The maximum Gasteiger partial charge on any atom is 0.123 e. The van der Waals surface area contributed by atoms with Crippen LogP contribution in [0.4, 0.5) is 0 Å². The smallest absolute Gasteiger partial charge is 0.123 e.